The first-order valence-electron chi connectivity index (χ1n) is 11.0. The zero-order chi connectivity index (χ0) is 22.7. The molecule has 0 saturated carbocycles. The molecule has 3 heterocycles. The second kappa shape index (κ2) is 9.77. The van der Waals surface area contributed by atoms with E-state index in [0.29, 0.717) is 31.9 Å². The van der Waals surface area contributed by atoms with Crippen LogP contribution in [0.3, 0.4) is 0 Å². The van der Waals surface area contributed by atoms with Crippen molar-refractivity contribution in [3.05, 3.63) is 51.7 Å². The van der Waals surface area contributed by atoms with Crippen LogP contribution in [0.15, 0.2) is 29.6 Å². The van der Waals surface area contributed by atoms with E-state index in [1.165, 1.54) is 23.5 Å². The Hall–Kier alpha value is -2.81. The molecule has 3 amide bonds. The lowest BCUT2D eigenvalue weighted by atomic mass is 9.96. The third-order valence-corrected chi connectivity index (χ3v) is 7.32. The lowest BCUT2D eigenvalue weighted by Crippen LogP contribution is -2.44. The molecule has 2 N–H and O–H groups in total. The SMILES string of the molecule is NC(=O)C1CCCN(C(=O)c2csc(C3CCN(C(=O)Cc4ccc(F)cc4)CC3)n2)C1. The molecule has 2 fully saturated rings. The number of carbonyl (C=O) groups is 3. The summed E-state index contributed by atoms with van der Waals surface area (Å²) in [5.74, 6) is -0.846. The smallest absolute Gasteiger partial charge is 0.273 e. The fourth-order valence-electron chi connectivity index (χ4n) is 4.39. The van der Waals surface area contributed by atoms with E-state index in [0.717, 1.165) is 36.3 Å². The number of rotatable bonds is 5. The number of halogens is 1. The van der Waals surface area contributed by atoms with Crippen molar-refractivity contribution in [1.29, 1.82) is 0 Å². The molecule has 1 aromatic carbocycles. The Morgan fingerprint density at radius 2 is 1.78 bits per heavy atom. The molecule has 4 rings (SSSR count). The average molecular weight is 459 g/mol. The van der Waals surface area contributed by atoms with Crippen molar-refractivity contribution in [2.45, 2.75) is 38.0 Å². The Morgan fingerprint density at radius 3 is 2.47 bits per heavy atom. The van der Waals surface area contributed by atoms with Crippen LogP contribution >= 0.6 is 11.3 Å². The maximum Gasteiger partial charge on any atom is 0.273 e. The Balaban J connectivity index is 1.31. The highest BCUT2D eigenvalue weighted by atomic mass is 32.1. The summed E-state index contributed by atoms with van der Waals surface area (Å²) in [5.41, 5.74) is 6.64. The van der Waals surface area contributed by atoms with Crippen LogP contribution in [0, 0.1) is 11.7 Å². The van der Waals surface area contributed by atoms with E-state index < -0.39 is 0 Å². The fourth-order valence-corrected chi connectivity index (χ4v) is 5.36. The summed E-state index contributed by atoms with van der Waals surface area (Å²) >= 11 is 1.48. The summed E-state index contributed by atoms with van der Waals surface area (Å²) < 4.78 is 13.0. The number of likely N-dealkylation sites (tertiary alicyclic amines) is 2. The van der Waals surface area contributed by atoms with Gasteiger partial charge in [-0.25, -0.2) is 9.37 Å². The molecule has 1 unspecified atom stereocenters. The number of amides is 3. The van der Waals surface area contributed by atoms with E-state index in [2.05, 4.69) is 4.98 Å². The van der Waals surface area contributed by atoms with Crippen molar-refractivity contribution in [2.24, 2.45) is 11.7 Å². The second-order valence-electron chi connectivity index (χ2n) is 8.52. The van der Waals surface area contributed by atoms with E-state index in [1.807, 2.05) is 4.90 Å². The van der Waals surface area contributed by atoms with Crippen molar-refractivity contribution < 1.29 is 18.8 Å². The minimum absolute atomic E-state index is 0.0409. The minimum atomic E-state index is -0.359. The van der Waals surface area contributed by atoms with Crippen LogP contribution in [0.5, 0.6) is 0 Å². The number of nitrogens with two attached hydrogens (primary N) is 1. The normalized spacial score (nSPS) is 19.7. The highest BCUT2D eigenvalue weighted by molar-refractivity contribution is 7.09. The highest BCUT2D eigenvalue weighted by Gasteiger charge is 2.30. The molecule has 2 aliphatic heterocycles. The van der Waals surface area contributed by atoms with Gasteiger partial charge in [0.1, 0.15) is 11.5 Å². The molecule has 2 aliphatic rings. The van der Waals surface area contributed by atoms with Crippen molar-refractivity contribution in [3.8, 4) is 0 Å². The fraction of sp³-hybridized carbons (Fsp3) is 0.478. The molecular weight excluding hydrogens is 431 g/mol. The number of hydrogen-bond acceptors (Lipinski definition) is 5. The molecule has 32 heavy (non-hydrogen) atoms. The molecule has 1 aromatic heterocycles. The van der Waals surface area contributed by atoms with E-state index in [9.17, 15) is 18.8 Å². The van der Waals surface area contributed by atoms with E-state index in [4.69, 9.17) is 5.73 Å². The van der Waals surface area contributed by atoms with Gasteiger partial charge in [-0.2, -0.15) is 0 Å². The van der Waals surface area contributed by atoms with Crippen molar-refractivity contribution in [3.63, 3.8) is 0 Å². The van der Waals surface area contributed by atoms with Gasteiger partial charge >= 0.3 is 0 Å². The van der Waals surface area contributed by atoms with Crippen LogP contribution < -0.4 is 5.73 Å². The predicted molar refractivity (Wildman–Crippen MR) is 119 cm³/mol. The van der Waals surface area contributed by atoms with Gasteiger partial charge in [0.15, 0.2) is 0 Å². The molecule has 0 aliphatic carbocycles. The number of piperidine rings is 2. The number of aromatic nitrogens is 1. The van der Waals surface area contributed by atoms with Crippen LogP contribution in [-0.2, 0) is 16.0 Å². The average Bonchev–Trinajstić information content (AvgIpc) is 3.30. The number of hydrogen-bond donors (Lipinski definition) is 1. The summed E-state index contributed by atoms with van der Waals surface area (Å²) in [6.45, 7) is 2.25. The summed E-state index contributed by atoms with van der Waals surface area (Å²) in [6.07, 6.45) is 3.34. The summed E-state index contributed by atoms with van der Waals surface area (Å²) in [5, 5.41) is 2.71. The topological polar surface area (TPSA) is 96.6 Å². The van der Waals surface area contributed by atoms with Gasteiger partial charge in [-0.15, -0.1) is 11.3 Å². The van der Waals surface area contributed by atoms with Crippen LogP contribution in [0.1, 0.15) is 52.7 Å². The van der Waals surface area contributed by atoms with Crippen molar-refractivity contribution in [1.82, 2.24) is 14.8 Å². The van der Waals surface area contributed by atoms with Crippen LogP contribution in [0.2, 0.25) is 0 Å². The molecule has 170 valence electrons. The zero-order valence-corrected chi connectivity index (χ0v) is 18.7. The number of thiazole rings is 1. The van der Waals surface area contributed by atoms with Gasteiger partial charge in [-0.05, 0) is 43.4 Å². The molecular formula is C23H27FN4O3S. The molecule has 2 saturated heterocycles. The quantitative estimate of drug-likeness (QED) is 0.745. The van der Waals surface area contributed by atoms with Crippen LogP contribution in [0.4, 0.5) is 4.39 Å². The van der Waals surface area contributed by atoms with E-state index >= 15 is 0 Å². The third-order valence-electron chi connectivity index (χ3n) is 6.32. The second-order valence-corrected chi connectivity index (χ2v) is 9.41. The lowest BCUT2D eigenvalue weighted by Gasteiger charge is -2.31. The first kappa shape index (κ1) is 22.4. The molecule has 0 spiro atoms. The number of benzene rings is 1. The van der Waals surface area contributed by atoms with Gasteiger partial charge in [0.2, 0.25) is 11.8 Å². The largest absolute Gasteiger partial charge is 0.369 e. The van der Waals surface area contributed by atoms with E-state index in [-0.39, 0.29) is 41.8 Å². The molecule has 9 heteroatoms. The van der Waals surface area contributed by atoms with Crippen LogP contribution in [-0.4, -0.2) is 58.7 Å². The van der Waals surface area contributed by atoms with Gasteiger partial charge < -0.3 is 15.5 Å². The number of nitrogens with zero attached hydrogens (tertiary/aromatic N) is 3. The standard InChI is InChI=1S/C23H27FN4O3S/c24-18-5-3-15(4-6-18)12-20(29)27-10-7-16(8-11-27)22-26-19(14-32-22)23(31)28-9-1-2-17(13-28)21(25)30/h3-6,14,16-17H,1-2,7-13H2,(H2,25,30). The van der Waals surface area contributed by atoms with Crippen molar-refractivity contribution >= 4 is 29.1 Å². The first-order chi connectivity index (χ1) is 15.4. The van der Waals surface area contributed by atoms with Gasteiger partial charge in [0, 0.05) is 37.5 Å². The zero-order valence-electron chi connectivity index (χ0n) is 17.8. The highest BCUT2D eigenvalue weighted by Crippen LogP contribution is 2.31. The van der Waals surface area contributed by atoms with Gasteiger partial charge in [-0.3, -0.25) is 14.4 Å². The molecule has 2 aromatic rings. The summed E-state index contributed by atoms with van der Waals surface area (Å²) in [4.78, 5) is 45.0. The predicted octanol–water partition coefficient (Wildman–Crippen LogP) is 2.57. The molecule has 0 bridgehead atoms. The molecule has 7 nitrogen and oxygen atoms in total. The molecule has 0 radical (unpaired) electrons. The monoisotopic (exact) mass is 458 g/mol. The van der Waals surface area contributed by atoms with Gasteiger partial charge in [-0.1, -0.05) is 12.1 Å². The van der Waals surface area contributed by atoms with Gasteiger partial charge in [0.25, 0.3) is 5.91 Å². The minimum Gasteiger partial charge on any atom is -0.369 e. The van der Waals surface area contributed by atoms with Crippen molar-refractivity contribution in [2.75, 3.05) is 26.2 Å². The number of primary amides is 1. The van der Waals surface area contributed by atoms with E-state index in [1.54, 1.807) is 22.4 Å². The Labute approximate surface area is 190 Å². The lowest BCUT2D eigenvalue weighted by molar-refractivity contribution is -0.131. The maximum atomic E-state index is 13.0. The first-order valence-corrected chi connectivity index (χ1v) is 11.8. The number of carbonyl (C=O) groups excluding carboxylic acids is 3. The Bertz CT molecular complexity index is 985. The Morgan fingerprint density at radius 1 is 1.06 bits per heavy atom. The maximum absolute atomic E-state index is 13.0. The molecule has 1 atom stereocenters. The van der Waals surface area contributed by atoms with Crippen LogP contribution in [0.25, 0.3) is 0 Å². The Kier molecular flexibility index (Phi) is 6.83. The summed E-state index contributed by atoms with van der Waals surface area (Å²) in [7, 11) is 0. The van der Waals surface area contributed by atoms with Gasteiger partial charge in [0.05, 0.1) is 17.3 Å². The summed E-state index contributed by atoms with van der Waals surface area (Å²) in [6, 6.07) is 6.02. The third kappa shape index (κ3) is 5.15.